The lowest BCUT2D eigenvalue weighted by atomic mass is 10.4. The molecule has 0 radical (unpaired) electrons. The molecule has 0 fully saturated rings. The molecule has 8 heteroatoms. The molecule has 0 saturated carbocycles. The second-order valence-corrected chi connectivity index (χ2v) is 6.16. The Morgan fingerprint density at radius 1 is 1.33 bits per heavy atom. The van der Waals surface area contributed by atoms with Gasteiger partial charge in [0.25, 0.3) is 0 Å². The quantitative estimate of drug-likeness (QED) is 0.712. The highest BCUT2D eigenvalue weighted by atomic mass is 32.2. The fourth-order valence-electron chi connectivity index (χ4n) is 1.89. The lowest BCUT2D eigenvalue weighted by Gasteiger charge is -2.11. The SMILES string of the molecule is CCNc1ccncc1S(=O)(=O)NCCCn1cccn1. The lowest BCUT2D eigenvalue weighted by Crippen LogP contribution is -2.26. The Balaban J connectivity index is 1.95. The zero-order valence-corrected chi connectivity index (χ0v) is 12.7. The summed E-state index contributed by atoms with van der Waals surface area (Å²) in [6, 6.07) is 3.49. The van der Waals surface area contributed by atoms with Gasteiger partial charge in [0, 0.05) is 44.4 Å². The van der Waals surface area contributed by atoms with E-state index in [4.69, 9.17) is 0 Å². The predicted octanol–water partition coefficient (Wildman–Crippen LogP) is 1.08. The molecule has 0 aliphatic carbocycles. The molecule has 2 heterocycles. The van der Waals surface area contributed by atoms with E-state index in [0.717, 1.165) is 0 Å². The van der Waals surface area contributed by atoms with Crippen LogP contribution in [0.3, 0.4) is 0 Å². The number of aromatic nitrogens is 3. The first-order chi connectivity index (χ1) is 10.1. The molecule has 2 aromatic heterocycles. The van der Waals surface area contributed by atoms with Gasteiger partial charge in [0.05, 0.1) is 5.69 Å². The van der Waals surface area contributed by atoms with Crippen molar-refractivity contribution in [3.63, 3.8) is 0 Å². The van der Waals surface area contributed by atoms with Crippen LogP contribution in [0.2, 0.25) is 0 Å². The van der Waals surface area contributed by atoms with Crippen LogP contribution in [-0.2, 0) is 16.6 Å². The largest absolute Gasteiger partial charge is 0.384 e. The average Bonchev–Trinajstić information content (AvgIpc) is 2.98. The minimum absolute atomic E-state index is 0.172. The van der Waals surface area contributed by atoms with Crippen molar-refractivity contribution in [2.75, 3.05) is 18.4 Å². The van der Waals surface area contributed by atoms with Gasteiger partial charge < -0.3 is 5.32 Å². The van der Waals surface area contributed by atoms with Crippen molar-refractivity contribution >= 4 is 15.7 Å². The first kappa shape index (κ1) is 15.5. The van der Waals surface area contributed by atoms with Gasteiger partial charge in [-0.05, 0) is 25.5 Å². The lowest BCUT2D eigenvalue weighted by molar-refractivity contribution is 0.553. The van der Waals surface area contributed by atoms with Gasteiger partial charge >= 0.3 is 0 Å². The summed E-state index contributed by atoms with van der Waals surface area (Å²) in [4.78, 5) is 4.06. The highest BCUT2D eigenvalue weighted by Crippen LogP contribution is 2.18. The Morgan fingerprint density at radius 3 is 2.90 bits per heavy atom. The van der Waals surface area contributed by atoms with E-state index in [2.05, 4.69) is 20.1 Å². The van der Waals surface area contributed by atoms with Crippen molar-refractivity contribution in [3.8, 4) is 0 Å². The van der Waals surface area contributed by atoms with Crippen LogP contribution in [0.25, 0.3) is 0 Å². The molecule has 21 heavy (non-hydrogen) atoms. The van der Waals surface area contributed by atoms with E-state index < -0.39 is 10.0 Å². The summed E-state index contributed by atoms with van der Waals surface area (Å²) < 4.78 is 28.9. The van der Waals surface area contributed by atoms with Gasteiger partial charge in [-0.25, -0.2) is 13.1 Å². The first-order valence-corrected chi connectivity index (χ1v) is 8.27. The zero-order valence-electron chi connectivity index (χ0n) is 11.9. The minimum Gasteiger partial charge on any atom is -0.384 e. The maximum atomic E-state index is 12.3. The van der Waals surface area contributed by atoms with Crippen molar-refractivity contribution in [3.05, 3.63) is 36.9 Å². The third-order valence-corrected chi connectivity index (χ3v) is 4.35. The molecule has 0 aliphatic heterocycles. The molecule has 0 aromatic carbocycles. The molecule has 0 unspecified atom stereocenters. The standard InChI is InChI=1S/C13H19N5O2S/c1-2-15-12-5-8-14-11-13(12)21(19,20)17-7-4-10-18-9-3-6-16-18/h3,5-6,8-9,11,17H,2,4,7,10H2,1H3,(H,14,15). The van der Waals surface area contributed by atoms with Crippen LogP contribution in [-0.4, -0.2) is 36.3 Å². The third kappa shape index (κ3) is 4.27. The number of rotatable bonds is 8. The van der Waals surface area contributed by atoms with E-state index in [-0.39, 0.29) is 4.90 Å². The number of nitrogens with zero attached hydrogens (tertiary/aromatic N) is 3. The van der Waals surface area contributed by atoms with Gasteiger partial charge in [0.1, 0.15) is 4.90 Å². The molecule has 0 saturated heterocycles. The second kappa shape index (κ2) is 7.19. The monoisotopic (exact) mass is 309 g/mol. The van der Waals surface area contributed by atoms with E-state index in [9.17, 15) is 8.42 Å². The Bertz CT molecular complexity index is 655. The zero-order chi connectivity index (χ0) is 15.1. The van der Waals surface area contributed by atoms with E-state index in [1.165, 1.54) is 6.20 Å². The molecule has 7 nitrogen and oxygen atoms in total. The molecule has 0 bridgehead atoms. The molecule has 0 aliphatic rings. The van der Waals surface area contributed by atoms with Gasteiger partial charge in [-0.1, -0.05) is 0 Å². The number of sulfonamides is 1. The fourth-order valence-corrected chi connectivity index (χ4v) is 3.09. The van der Waals surface area contributed by atoms with Gasteiger partial charge in [-0.2, -0.15) is 5.10 Å². The molecule has 2 rings (SSSR count). The summed E-state index contributed by atoms with van der Waals surface area (Å²) in [5.74, 6) is 0. The Labute approximate surface area is 124 Å². The minimum atomic E-state index is -3.56. The molecule has 2 aromatic rings. The maximum absolute atomic E-state index is 12.3. The predicted molar refractivity (Wildman–Crippen MR) is 80.4 cm³/mol. The normalized spacial score (nSPS) is 11.5. The molecule has 0 atom stereocenters. The van der Waals surface area contributed by atoms with Crippen molar-refractivity contribution in [2.45, 2.75) is 24.8 Å². The Kier molecular flexibility index (Phi) is 5.29. The van der Waals surface area contributed by atoms with Gasteiger partial charge in [0.2, 0.25) is 10.0 Å². The third-order valence-electron chi connectivity index (χ3n) is 2.86. The number of aryl methyl sites for hydroxylation is 1. The molecular weight excluding hydrogens is 290 g/mol. The van der Waals surface area contributed by atoms with Crippen LogP contribution < -0.4 is 10.0 Å². The van der Waals surface area contributed by atoms with Gasteiger partial charge in [0.15, 0.2) is 0 Å². The Hall–Kier alpha value is -1.93. The van der Waals surface area contributed by atoms with E-state index in [1.54, 1.807) is 23.1 Å². The number of pyridine rings is 1. The van der Waals surface area contributed by atoms with Gasteiger partial charge in [-0.3, -0.25) is 9.67 Å². The van der Waals surface area contributed by atoms with Crippen LogP contribution in [0.15, 0.2) is 41.8 Å². The van der Waals surface area contributed by atoms with Crippen LogP contribution in [0.5, 0.6) is 0 Å². The van der Waals surface area contributed by atoms with Gasteiger partial charge in [-0.15, -0.1) is 0 Å². The smallest absolute Gasteiger partial charge is 0.244 e. The molecule has 0 amide bonds. The summed E-state index contributed by atoms with van der Waals surface area (Å²) in [6.45, 7) is 3.57. The summed E-state index contributed by atoms with van der Waals surface area (Å²) in [5.41, 5.74) is 0.562. The van der Waals surface area contributed by atoms with Crippen molar-refractivity contribution in [1.29, 1.82) is 0 Å². The average molecular weight is 309 g/mol. The maximum Gasteiger partial charge on any atom is 0.244 e. The van der Waals surface area contributed by atoms with Crippen molar-refractivity contribution in [1.82, 2.24) is 19.5 Å². The number of hydrogen-bond donors (Lipinski definition) is 2. The summed E-state index contributed by atoms with van der Waals surface area (Å²) in [7, 11) is -3.56. The highest BCUT2D eigenvalue weighted by molar-refractivity contribution is 7.89. The molecular formula is C13H19N5O2S. The van der Waals surface area contributed by atoms with Crippen LogP contribution in [0.4, 0.5) is 5.69 Å². The highest BCUT2D eigenvalue weighted by Gasteiger charge is 2.17. The summed E-state index contributed by atoms with van der Waals surface area (Å²) in [6.07, 6.45) is 7.13. The van der Waals surface area contributed by atoms with Crippen LogP contribution in [0.1, 0.15) is 13.3 Å². The summed E-state index contributed by atoms with van der Waals surface area (Å²) in [5, 5.41) is 7.09. The van der Waals surface area contributed by atoms with Crippen molar-refractivity contribution < 1.29 is 8.42 Å². The van der Waals surface area contributed by atoms with Crippen LogP contribution >= 0.6 is 0 Å². The summed E-state index contributed by atoms with van der Waals surface area (Å²) >= 11 is 0. The Morgan fingerprint density at radius 2 is 2.19 bits per heavy atom. The second-order valence-electron chi connectivity index (χ2n) is 4.42. The van der Waals surface area contributed by atoms with E-state index >= 15 is 0 Å². The molecule has 114 valence electrons. The van der Waals surface area contributed by atoms with Crippen LogP contribution in [0, 0.1) is 0 Å². The number of nitrogens with one attached hydrogen (secondary N) is 2. The fraction of sp³-hybridized carbons (Fsp3) is 0.385. The van der Waals surface area contributed by atoms with E-state index in [1.807, 2.05) is 19.2 Å². The molecule has 2 N–H and O–H groups in total. The van der Waals surface area contributed by atoms with E-state index in [0.29, 0.717) is 31.7 Å². The first-order valence-electron chi connectivity index (χ1n) is 6.78. The number of anilines is 1. The van der Waals surface area contributed by atoms with Crippen molar-refractivity contribution in [2.24, 2.45) is 0 Å². The number of hydrogen-bond acceptors (Lipinski definition) is 5. The molecule has 0 spiro atoms. The topological polar surface area (TPSA) is 88.9 Å².